The highest BCUT2D eigenvalue weighted by Crippen LogP contribution is 2.38. The Labute approximate surface area is 178 Å². The number of nitrogens with one attached hydrogen (secondary N) is 1. The molecule has 3 amide bonds. The predicted octanol–water partition coefficient (Wildman–Crippen LogP) is 3.52. The van der Waals surface area contributed by atoms with Crippen molar-refractivity contribution in [2.45, 2.75) is 19.1 Å². The van der Waals surface area contributed by atoms with Crippen LogP contribution in [0.25, 0.3) is 0 Å². The molecule has 32 heavy (non-hydrogen) atoms. The maximum atomic E-state index is 13.1. The Kier molecular flexibility index (Phi) is 5.59. The van der Waals surface area contributed by atoms with Crippen LogP contribution >= 0.6 is 0 Å². The maximum Gasteiger partial charge on any atom is 0.416 e. The quantitative estimate of drug-likeness (QED) is 0.547. The molecule has 0 radical (unpaired) electrons. The Morgan fingerprint density at radius 3 is 2.53 bits per heavy atom. The number of benzene rings is 2. The van der Waals surface area contributed by atoms with E-state index in [0.29, 0.717) is 0 Å². The molecule has 9 nitrogen and oxygen atoms in total. The second kappa shape index (κ2) is 8.03. The van der Waals surface area contributed by atoms with Crippen LogP contribution < -0.4 is 16.0 Å². The normalized spacial score (nSPS) is 16.4. The van der Waals surface area contributed by atoms with Crippen LogP contribution in [-0.4, -0.2) is 16.9 Å². The Morgan fingerprint density at radius 1 is 1.28 bits per heavy atom. The molecule has 3 N–H and O–H groups in total. The highest BCUT2D eigenvalue weighted by molar-refractivity contribution is 6.04. The van der Waals surface area contributed by atoms with Crippen LogP contribution in [0.2, 0.25) is 0 Å². The first-order chi connectivity index (χ1) is 15.0. The summed E-state index contributed by atoms with van der Waals surface area (Å²) in [5.41, 5.74) is 3.27. The minimum absolute atomic E-state index is 0.0190. The molecular weight excluding hydrogens is 431 g/mol. The number of amides is 3. The van der Waals surface area contributed by atoms with Crippen molar-refractivity contribution in [3.63, 3.8) is 0 Å². The van der Waals surface area contributed by atoms with Crippen LogP contribution in [0.3, 0.4) is 0 Å². The van der Waals surface area contributed by atoms with Gasteiger partial charge in [0.25, 0.3) is 5.69 Å². The Morgan fingerprint density at radius 2 is 1.97 bits per heavy atom. The van der Waals surface area contributed by atoms with Crippen molar-refractivity contribution in [3.8, 4) is 6.07 Å². The molecule has 0 bridgehead atoms. The summed E-state index contributed by atoms with van der Waals surface area (Å²) in [5, 5.41) is 22.9. The van der Waals surface area contributed by atoms with E-state index in [4.69, 9.17) is 11.0 Å². The molecule has 2 aromatic carbocycles. The first-order valence-corrected chi connectivity index (χ1v) is 8.92. The summed E-state index contributed by atoms with van der Waals surface area (Å²) in [4.78, 5) is 36.7. The number of carbonyl (C=O) groups excluding carboxylic acids is 2. The van der Waals surface area contributed by atoms with E-state index >= 15 is 0 Å². The summed E-state index contributed by atoms with van der Waals surface area (Å²) < 4.78 is 39.3. The molecule has 1 unspecified atom stereocenters. The first-order valence-electron chi connectivity index (χ1n) is 8.92. The van der Waals surface area contributed by atoms with Gasteiger partial charge in [0.15, 0.2) is 0 Å². The zero-order valence-electron chi connectivity index (χ0n) is 16.3. The number of nitrogens with zero attached hydrogens (tertiary/aromatic N) is 3. The highest BCUT2D eigenvalue weighted by atomic mass is 19.4. The number of nitriles is 1. The van der Waals surface area contributed by atoms with E-state index in [0.717, 1.165) is 29.2 Å². The molecule has 1 aliphatic rings. The Bertz CT molecular complexity index is 1220. The standard InChI is InChI=1S/C20H14F3N5O4/c1-10-16(18(25)29)17(14-6-5-11(9-24)7-15(14)28(31)32)26-19(30)27(10)13-4-2-3-12(8-13)20(21,22)23/h2-8,17H,1H3,(H2,25,29)(H,26,30). The third-order valence-electron chi connectivity index (χ3n) is 4.85. The van der Waals surface area contributed by atoms with E-state index in [1.165, 1.54) is 25.1 Å². The number of carbonyl (C=O) groups is 2. The van der Waals surface area contributed by atoms with Gasteiger partial charge in [-0.1, -0.05) is 6.07 Å². The van der Waals surface area contributed by atoms with Crippen LogP contribution in [0, 0.1) is 21.4 Å². The molecule has 164 valence electrons. The van der Waals surface area contributed by atoms with E-state index in [1.807, 2.05) is 0 Å². The molecule has 0 aliphatic carbocycles. The topological polar surface area (TPSA) is 142 Å². The van der Waals surface area contributed by atoms with Crippen LogP contribution in [0.1, 0.15) is 29.7 Å². The van der Waals surface area contributed by atoms with Crippen molar-refractivity contribution < 1.29 is 27.7 Å². The molecule has 12 heteroatoms. The molecule has 3 rings (SSSR count). The number of rotatable bonds is 4. The second-order valence-electron chi connectivity index (χ2n) is 6.77. The van der Waals surface area contributed by atoms with Crippen molar-refractivity contribution in [2.24, 2.45) is 5.73 Å². The van der Waals surface area contributed by atoms with Crippen LogP contribution in [0.15, 0.2) is 53.7 Å². The van der Waals surface area contributed by atoms with Gasteiger partial charge in [0.1, 0.15) is 0 Å². The number of primary amides is 1. The van der Waals surface area contributed by atoms with Gasteiger partial charge in [-0.3, -0.25) is 19.8 Å². The molecule has 1 aliphatic heterocycles. The first kappa shape index (κ1) is 22.3. The van der Waals surface area contributed by atoms with Crippen molar-refractivity contribution >= 4 is 23.3 Å². The molecule has 0 saturated heterocycles. The lowest BCUT2D eigenvalue weighted by atomic mass is 9.92. The van der Waals surface area contributed by atoms with Crippen LogP contribution in [0.4, 0.5) is 29.3 Å². The third kappa shape index (κ3) is 3.95. The molecule has 0 spiro atoms. The number of nitro groups is 1. The van der Waals surface area contributed by atoms with Gasteiger partial charge in [-0.15, -0.1) is 0 Å². The monoisotopic (exact) mass is 445 g/mol. The van der Waals surface area contributed by atoms with E-state index in [2.05, 4.69) is 5.32 Å². The highest BCUT2D eigenvalue weighted by Gasteiger charge is 2.39. The number of alkyl halides is 3. The van der Waals surface area contributed by atoms with E-state index < -0.39 is 40.3 Å². The lowest BCUT2D eigenvalue weighted by Crippen LogP contribution is -2.49. The fraction of sp³-hybridized carbons (Fsp3) is 0.150. The summed E-state index contributed by atoms with van der Waals surface area (Å²) >= 11 is 0. The number of halogens is 3. The second-order valence-corrected chi connectivity index (χ2v) is 6.77. The third-order valence-corrected chi connectivity index (χ3v) is 4.85. The number of anilines is 1. The van der Waals surface area contributed by atoms with Gasteiger partial charge in [0.05, 0.1) is 45.0 Å². The van der Waals surface area contributed by atoms with Crippen molar-refractivity contribution in [1.82, 2.24) is 5.32 Å². The minimum Gasteiger partial charge on any atom is -0.366 e. The zero-order valence-corrected chi connectivity index (χ0v) is 16.3. The van der Waals surface area contributed by atoms with Crippen molar-refractivity contribution in [3.05, 3.63) is 80.5 Å². The van der Waals surface area contributed by atoms with E-state index in [-0.39, 0.29) is 28.1 Å². The van der Waals surface area contributed by atoms with Crippen molar-refractivity contribution in [2.75, 3.05) is 4.90 Å². The molecule has 1 heterocycles. The zero-order chi connectivity index (χ0) is 23.8. The Balaban J connectivity index is 2.19. The van der Waals surface area contributed by atoms with Gasteiger partial charge >= 0.3 is 12.2 Å². The number of hydrogen-bond donors (Lipinski definition) is 2. The van der Waals surface area contributed by atoms with Crippen molar-refractivity contribution in [1.29, 1.82) is 5.26 Å². The number of allylic oxidation sites excluding steroid dienone is 1. The average Bonchev–Trinajstić information content (AvgIpc) is 2.72. The summed E-state index contributed by atoms with van der Waals surface area (Å²) in [7, 11) is 0. The predicted molar refractivity (Wildman–Crippen MR) is 105 cm³/mol. The number of hydrogen-bond acceptors (Lipinski definition) is 5. The van der Waals surface area contributed by atoms with Crippen LogP contribution in [0.5, 0.6) is 0 Å². The van der Waals surface area contributed by atoms with E-state index in [1.54, 1.807) is 6.07 Å². The lowest BCUT2D eigenvalue weighted by molar-refractivity contribution is -0.385. The maximum absolute atomic E-state index is 13.1. The smallest absolute Gasteiger partial charge is 0.366 e. The summed E-state index contributed by atoms with van der Waals surface area (Å²) in [6.07, 6.45) is -4.67. The summed E-state index contributed by atoms with van der Waals surface area (Å²) in [5.74, 6) is -1.04. The van der Waals surface area contributed by atoms with E-state index in [9.17, 15) is 32.9 Å². The lowest BCUT2D eigenvalue weighted by Gasteiger charge is -2.35. The molecule has 0 saturated carbocycles. The van der Waals surface area contributed by atoms with Gasteiger partial charge in [-0.05, 0) is 37.3 Å². The molecular formula is C20H14F3N5O4. The van der Waals surface area contributed by atoms with Gasteiger partial charge in [0.2, 0.25) is 5.91 Å². The molecule has 0 fully saturated rings. The van der Waals surface area contributed by atoms with Gasteiger partial charge in [-0.2, -0.15) is 18.4 Å². The number of nitro benzene ring substituents is 1. The van der Waals surface area contributed by atoms with Gasteiger partial charge < -0.3 is 11.1 Å². The Hall–Kier alpha value is -4.40. The molecule has 0 aromatic heterocycles. The summed E-state index contributed by atoms with van der Waals surface area (Å²) in [6, 6.07) is 6.82. The molecule has 2 aromatic rings. The molecule has 1 atom stereocenters. The fourth-order valence-corrected chi connectivity index (χ4v) is 3.44. The SMILES string of the molecule is CC1=C(C(N)=O)C(c2ccc(C#N)cc2[N+](=O)[O-])NC(=O)N1c1cccc(C(F)(F)F)c1. The summed E-state index contributed by atoms with van der Waals surface area (Å²) in [6.45, 7) is 1.29. The fourth-order valence-electron chi connectivity index (χ4n) is 3.44. The largest absolute Gasteiger partial charge is 0.416 e. The average molecular weight is 445 g/mol. The minimum atomic E-state index is -4.67. The number of nitrogens with two attached hydrogens (primary N) is 1. The van der Waals surface area contributed by atoms with Gasteiger partial charge in [-0.25, -0.2) is 4.79 Å². The number of urea groups is 1. The van der Waals surface area contributed by atoms with Crippen LogP contribution in [-0.2, 0) is 11.0 Å². The van der Waals surface area contributed by atoms with Gasteiger partial charge in [0, 0.05) is 11.8 Å².